The maximum Gasteiger partial charge on any atom is 0.251 e. The molecule has 4 N–H and O–H groups in total. The lowest BCUT2D eigenvalue weighted by Crippen LogP contribution is -2.27. The fourth-order valence-electron chi connectivity index (χ4n) is 3.57. The summed E-state index contributed by atoms with van der Waals surface area (Å²) in [5.74, 6) is -0.821. The summed E-state index contributed by atoms with van der Waals surface area (Å²) in [6.45, 7) is 3.34. The van der Waals surface area contributed by atoms with E-state index in [1.807, 2.05) is 13.0 Å². The number of nitriles is 1. The first-order valence-electron chi connectivity index (χ1n) is 10.1. The normalized spacial score (nSPS) is 10.9. The standard InChI is InChI=1S/C24H21N5O3/c1-2-32-9-8-27-24(31)16-6-7-17-20(11-16)29-22-18(23(26)30)12-19(28-21(17)22)15-5-3-4-14(10-15)13-25/h3-7,10-12,29H,2,8-9H2,1H3,(H2,26,30)(H,27,31). The van der Waals surface area contributed by atoms with E-state index >= 15 is 0 Å². The summed E-state index contributed by atoms with van der Waals surface area (Å²) in [5, 5.41) is 12.8. The van der Waals surface area contributed by atoms with E-state index in [-0.39, 0.29) is 11.5 Å². The fraction of sp³-hybridized carbons (Fsp3) is 0.167. The van der Waals surface area contributed by atoms with Gasteiger partial charge in [-0.15, -0.1) is 0 Å². The molecule has 0 spiro atoms. The highest BCUT2D eigenvalue weighted by Crippen LogP contribution is 2.30. The molecule has 0 unspecified atom stereocenters. The molecule has 2 amide bonds. The predicted molar refractivity (Wildman–Crippen MR) is 121 cm³/mol. The molecule has 2 heterocycles. The molecule has 0 saturated carbocycles. The average Bonchev–Trinajstić information content (AvgIpc) is 3.18. The maximum atomic E-state index is 12.4. The van der Waals surface area contributed by atoms with Crippen LogP contribution in [0.5, 0.6) is 0 Å². The minimum atomic E-state index is -0.601. The molecule has 0 saturated heterocycles. The van der Waals surface area contributed by atoms with E-state index in [2.05, 4.69) is 16.4 Å². The number of primary amides is 1. The molecule has 0 bridgehead atoms. The number of benzene rings is 2. The van der Waals surface area contributed by atoms with Gasteiger partial charge >= 0.3 is 0 Å². The third kappa shape index (κ3) is 4.02. The van der Waals surface area contributed by atoms with Gasteiger partial charge in [0, 0.05) is 35.2 Å². The van der Waals surface area contributed by atoms with Crippen molar-refractivity contribution in [3.8, 4) is 17.3 Å². The van der Waals surface area contributed by atoms with Crippen LogP contribution in [0.25, 0.3) is 33.2 Å². The Morgan fingerprint density at radius 3 is 2.81 bits per heavy atom. The summed E-state index contributed by atoms with van der Waals surface area (Å²) < 4.78 is 5.24. The Labute approximate surface area is 184 Å². The second kappa shape index (κ2) is 8.88. The number of amides is 2. The van der Waals surface area contributed by atoms with Crippen molar-refractivity contribution in [1.29, 1.82) is 5.26 Å². The number of rotatable bonds is 7. The molecule has 8 heteroatoms. The van der Waals surface area contributed by atoms with Crippen molar-refractivity contribution in [1.82, 2.24) is 15.3 Å². The molecule has 0 aliphatic carbocycles. The topological polar surface area (TPSA) is 134 Å². The van der Waals surface area contributed by atoms with Crippen LogP contribution in [0, 0.1) is 11.3 Å². The zero-order valence-electron chi connectivity index (χ0n) is 17.4. The first-order chi connectivity index (χ1) is 15.5. The zero-order valence-corrected chi connectivity index (χ0v) is 17.4. The number of carbonyl (C=O) groups excluding carboxylic acids is 2. The first kappa shape index (κ1) is 21.0. The molecule has 160 valence electrons. The fourth-order valence-corrected chi connectivity index (χ4v) is 3.57. The van der Waals surface area contributed by atoms with Crippen LogP contribution in [-0.2, 0) is 4.74 Å². The first-order valence-corrected chi connectivity index (χ1v) is 10.1. The van der Waals surface area contributed by atoms with E-state index in [1.165, 1.54) is 0 Å². The Morgan fingerprint density at radius 2 is 2.06 bits per heavy atom. The Hall–Kier alpha value is -4.22. The van der Waals surface area contributed by atoms with Crippen LogP contribution < -0.4 is 11.1 Å². The van der Waals surface area contributed by atoms with Gasteiger partial charge in [0.1, 0.15) is 0 Å². The van der Waals surface area contributed by atoms with Crippen LogP contribution in [0.3, 0.4) is 0 Å². The number of hydrogen-bond donors (Lipinski definition) is 3. The van der Waals surface area contributed by atoms with Crippen LogP contribution in [0.15, 0.2) is 48.5 Å². The van der Waals surface area contributed by atoms with E-state index in [9.17, 15) is 14.9 Å². The lowest BCUT2D eigenvalue weighted by molar-refractivity contribution is 0.0922. The Balaban J connectivity index is 1.79. The van der Waals surface area contributed by atoms with E-state index in [0.717, 1.165) is 5.39 Å². The van der Waals surface area contributed by atoms with Gasteiger partial charge in [-0.05, 0) is 43.3 Å². The van der Waals surface area contributed by atoms with Crippen molar-refractivity contribution in [2.75, 3.05) is 19.8 Å². The summed E-state index contributed by atoms with van der Waals surface area (Å²) in [5.41, 5.74) is 9.86. The molecule has 32 heavy (non-hydrogen) atoms. The largest absolute Gasteiger partial charge is 0.380 e. The number of hydrogen-bond acceptors (Lipinski definition) is 5. The number of aromatic amines is 1. The monoisotopic (exact) mass is 427 g/mol. The highest BCUT2D eigenvalue weighted by molar-refractivity contribution is 6.14. The summed E-state index contributed by atoms with van der Waals surface area (Å²) in [6, 6.07) is 15.9. The number of ether oxygens (including phenoxy) is 1. The van der Waals surface area contributed by atoms with E-state index in [4.69, 9.17) is 15.5 Å². The number of pyridine rings is 1. The zero-order chi connectivity index (χ0) is 22.7. The predicted octanol–water partition coefficient (Wildman–Crippen LogP) is 3.12. The number of nitrogens with two attached hydrogens (primary N) is 1. The van der Waals surface area contributed by atoms with Gasteiger partial charge < -0.3 is 20.8 Å². The number of carbonyl (C=O) groups is 2. The minimum Gasteiger partial charge on any atom is -0.380 e. The molecule has 0 aliphatic heterocycles. The second-order valence-corrected chi connectivity index (χ2v) is 7.17. The van der Waals surface area contributed by atoms with Gasteiger partial charge in [0.05, 0.1) is 40.5 Å². The molecule has 0 fully saturated rings. The molecule has 2 aromatic carbocycles. The Kier molecular flexibility index (Phi) is 5.83. The molecule has 2 aromatic heterocycles. The maximum absolute atomic E-state index is 12.4. The Morgan fingerprint density at radius 1 is 1.22 bits per heavy atom. The number of nitrogens with zero attached hydrogens (tertiary/aromatic N) is 2. The van der Waals surface area contributed by atoms with Crippen LogP contribution in [0.2, 0.25) is 0 Å². The smallest absolute Gasteiger partial charge is 0.251 e. The highest BCUT2D eigenvalue weighted by Gasteiger charge is 2.17. The average molecular weight is 427 g/mol. The van der Waals surface area contributed by atoms with Crippen molar-refractivity contribution in [3.05, 3.63) is 65.2 Å². The van der Waals surface area contributed by atoms with Crippen molar-refractivity contribution < 1.29 is 14.3 Å². The lowest BCUT2D eigenvalue weighted by Gasteiger charge is -2.06. The molecule has 0 atom stereocenters. The van der Waals surface area contributed by atoms with Gasteiger partial charge in [-0.25, -0.2) is 4.98 Å². The number of fused-ring (bicyclic) bond motifs is 3. The van der Waals surface area contributed by atoms with Gasteiger partial charge in [-0.2, -0.15) is 5.26 Å². The summed E-state index contributed by atoms with van der Waals surface area (Å²) in [4.78, 5) is 32.5. The van der Waals surface area contributed by atoms with Crippen LogP contribution >= 0.6 is 0 Å². The van der Waals surface area contributed by atoms with Crippen LogP contribution in [-0.4, -0.2) is 41.5 Å². The molecule has 4 aromatic rings. The SMILES string of the molecule is CCOCCNC(=O)c1ccc2c(c1)[nH]c1c(C(N)=O)cc(-c3cccc(C#N)c3)nc12. The van der Waals surface area contributed by atoms with Crippen molar-refractivity contribution in [2.45, 2.75) is 6.92 Å². The van der Waals surface area contributed by atoms with Crippen molar-refractivity contribution in [2.24, 2.45) is 5.73 Å². The van der Waals surface area contributed by atoms with Gasteiger partial charge in [-0.1, -0.05) is 12.1 Å². The Bertz CT molecular complexity index is 1380. The van der Waals surface area contributed by atoms with E-state index in [1.54, 1.807) is 42.5 Å². The van der Waals surface area contributed by atoms with E-state index in [0.29, 0.717) is 58.7 Å². The number of aromatic nitrogens is 2. The van der Waals surface area contributed by atoms with Gasteiger partial charge in [0.2, 0.25) is 0 Å². The summed E-state index contributed by atoms with van der Waals surface area (Å²) in [6.07, 6.45) is 0. The molecule has 4 rings (SSSR count). The molecule has 0 radical (unpaired) electrons. The third-order valence-corrected chi connectivity index (χ3v) is 5.10. The third-order valence-electron chi connectivity index (χ3n) is 5.10. The van der Waals surface area contributed by atoms with Crippen molar-refractivity contribution in [3.63, 3.8) is 0 Å². The molecular weight excluding hydrogens is 406 g/mol. The number of nitrogens with one attached hydrogen (secondary N) is 2. The second-order valence-electron chi connectivity index (χ2n) is 7.17. The van der Waals surface area contributed by atoms with Crippen molar-refractivity contribution >= 4 is 33.8 Å². The van der Waals surface area contributed by atoms with Gasteiger partial charge in [0.15, 0.2) is 0 Å². The van der Waals surface area contributed by atoms with Crippen LogP contribution in [0.1, 0.15) is 33.2 Å². The van der Waals surface area contributed by atoms with E-state index < -0.39 is 5.91 Å². The van der Waals surface area contributed by atoms with Crippen LogP contribution in [0.4, 0.5) is 0 Å². The number of H-pyrrole nitrogens is 1. The summed E-state index contributed by atoms with van der Waals surface area (Å²) >= 11 is 0. The quantitative estimate of drug-likeness (QED) is 0.390. The van der Waals surface area contributed by atoms with Gasteiger partial charge in [0.25, 0.3) is 11.8 Å². The summed E-state index contributed by atoms with van der Waals surface area (Å²) in [7, 11) is 0. The highest BCUT2D eigenvalue weighted by atomic mass is 16.5. The minimum absolute atomic E-state index is 0.220. The lowest BCUT2D eigenvalue weighted by atomic mass is 10.0. The molecule has 8 nitrogen and oxygen atoms in total. The van der Waals surface area contributed by atoms with Gasteiger partial charge in [-0.3, -0.25) is 9.59 Å². The molecule has 0 aliphatic rings. The molecular formula is C24H21N5O3.